The summed E-state index contributed by atoms with van der Waals surface area (Å²) < 4.78 is 9.17. The second-order valence-corrected chi connectivity index (χ2v) is 8.65. The molecule has 3 heterocycles. The summed E-state index contributed by atoms with van der Waals surface area (Å²) >= 11 is 0. The standard InChI is InChI=1S/C27H29N5O2/c1-4-5-6-7-10-16-31-18(2)28-25-23(27(31)33)24-26(30-22-15-9-8-14-21(22)29-24)32(25)19-12-11-13-20(17-19)34-3/h8-9,11-15,17H,4-7,10,16H2,1-3H3. The number of hydrogen-bond acceptors (Lipinski definition) is 5. The highest BCUT2D eigenvalue weighted by Crippen LogP contribution is 2.30. The first-order valence-electron chi connectivity index (χ1n) is 11.9. The van der Waals surface area contributed by atoms with Crippen LogP contribution in [0, 0.1) is 6.92 Å². The molecule has 2 aromatic carbocycles. The van der Waals surface area contributed by atoms with Crippen molar-refractivity contribution in [3.63, 3.8) is 0 Å². The molecule has 0 fully saturated rings. The molecule has 0 unspecified atom stereocenters. The number of ether oxygens (including phenoxy) is 1. The van der Waals surface area contributed by atoms with Gasteiger partial charge in [0, 0.05) is 12.6 Å². The molecule has 3 aromatic heterocycles. The molecule has 0 radical (unpaired) electrons. The predicted octanol–water partition coefficient (Wildman–Crippen LogP) is 5.57. The smallest absolute Gasteiger partial charge is 0.265 e. The van der Waals surface area contributed by atoms with Crippen LogP contribution in [0.2, 0.25) is 0 Å². The molecule has 0 atom stereocenters. The number of fused-ring (bicyclic) bond motifs is 4. The zero-order valence-electron chi connectivity index (χ0n) is 19.9. The lowest BCUT2D eigenvalue weighted by molar-refractivity contribution is 0.414. The summed E-state index contributed by atoms with van der Waals surface area (Å²) in [5, 5.41) is 0.509. The van der Waals surface area contributed by atoms with Crippen LogP contribution in [0.3, 0.4) is 0 Å². The number of hydrogen-bond donors (Lipinski definition) is 0. The molecule has 0 amide bonds. The summed E-state index contributed by atoms with van der Waals surface area (Å²) in [6.07, 6.45) is 5.67. The van der Waals surface area contributed by atoms with Crippen molar-refractivity contribution >= 4 is 33.2 Å². The molecule has 0 bridgehead atoms. The van der Waals surface area contributed by atoms with Gasteiger partial charge in [0.25, 0.3) is 5.56 Å². The molecule has 0 spiro atoms. The number of nitrogens with zero attached hydrogens (tertiary/aromatic N) is 5. The average Bonchev–Trinajstić information content (AvgIpc) is 3.17. The molecule has 0 aliphatic rings. The monoisotopic (exact) mass is 455 g/mol. The van der Waals surface area contributed by atoms with Gasteiger partial charge in [-0.1, -0.05) is 50.8 Å². The van der Waals surface area contributed by atoms with E-state index in [0.29, 0.717) is 34.6 Å². The second-order valence-electron chi connectivity index (χ2n) is 8.65. The zero-order valence-corrected chi connectivity index (χ0v) is 19.9. The van der Waals surface area contributed by atoms with E-state index in [1.165, 1.54) is 19.3 Å². The minimum Gasteiger partial charge on any atom is -0.497 e. The van der Waals surface area contributed by atoms with Gasteiger partial charge in [-0.2, -0.15) is 0 Å². The number of methoxy groups -OCH3 is 1. The number of aromatic nitrogens is 5. The number of benzene rings is 2. The minimum absolute atomic E-state index is 0.0609. The van der Waals surface area contributed by atoms with Crippen molar-refractivity contribution in [2.24, 2.45) is 0 Å². The highest BCUT2D eigenvalue weighted by Gasteiger charge is 2.22. The van der Waals surface area contributed by atoms with Crippen LogP contribution in [-0.2, 0) is 6.54 Å². The summed E-state index contributed by atoms with van der Waals surface area (Å²) in [5.41, 5.74) is 4.06. The van der Waals surface area contributed by atoms with E-state index in [4.69, 9.17) is 19.7 Å². The van der Waals surface area contributed by atoms with Gasteiger partial charge in [-0.3, -0.25) is 13.9 Å². The van der Waals surface area contributed by atoms with E-state index in [1.54, 1.807) is 11.7 Å². The number of unbranched alkanes of at least 4 members (excludes halogenated alkanes) is 4. The van der Waals surface area contributed by atoms with Crippen LogP contribution in [0.25, 0.3) is 38.9 Å². The Balaban J connectivity index is 1.77. The maximum atomic E-state index is 13.8. The lowest BCUT2D eigenvalue weighted by Gasteiger charge is -2.11. The Bertz CT molecular complexity index is 1550. The van der Waals surface area contributed by atoms with E-state index in [1.807, 2.05) is 60.0 Å². The van der Waals surface area contributed by atoms with Crippen LogP contribution in [0.5, 0.6) is 5.75 Å². The van der Waals surface area contributed by atoms with E-state index < -0.39 is 0 Å². The topological polar surface area (TPSA) is 74.8 Å². The number of aryl methyl sites for hydroxylation is 1. The van der Waals surface area contributed by atoms with Crippen molar-refractivity contribution in [2.75, 3.05) is 7.11 Å². The van der Waals surface area contributed by atoms with Gasteiger partial charge in [0.1, 0.15) is 22.5 Å². The molecule has 5 rings (SSSR count). The van der Waals surface area contributed by atoms with E-state index in [2.05, 4.69) is 6.92 Å². The Morgan fingerprint density at radius 3 is 2.41 bits per heavy atom. The predicted molar refractivity (Wildman–Crippen MR) is 136 cm³/mol. The molecule has 0 N–H and O–H groups in total. The number of rotatable bonds is 8. The van der Waals surface area contributed by atoms with Crippen LogP contribution < -0.4 is 10.3 Å². The Hall–Kier alpha value is -3.74. The SMILES string of the molecule is CCCCCCCn1c(C)nc2c(c1=O)c1nc3ccccc3nc1n2-c1cccc(OC)c1. The van der Waals surface area contributed by atoms with Gasteiger partial charge in [0.15, 0.2) is 11.3 Å². The third kappa shape index (κ3) is 3.81. The summed E-state index contributed by atoms with van der Waals surface area (Å²) in [5.74, 6) is 1.42. The highest BCUT2D eigenvalue weighted by molar-refractivity contribution is 6.05. The fourth-order valence-corrected chi connectivity index (χ4v) is 4.56. The van der Waals surface area contributed by atoms with Gasteiger partial charge < -0.3 is 4.74 Å². The largest absolute Gasteiger partial charge is 0.497 e. The van der Waals surface area contributed by atoms with Crippen LogP contribution >= 0.6 is 0 Å². The van der Waals surface area contributed by atoms with Crippen LogP contribution in [-0.4, -0.2) is 31.2 Å². The summed E-state index contributed by atoms with van der Waals surface area (Å²) in [6, 6.07) is 15.4. The van der Waals surface area contributed by atoms with Gasteiger partial charge in [0.05, 0.1) is 23.8 Å². The van der Waals surface area contributed by atoms with Crippen molar-refractivity contribution in [3.05, 3.63) is 64.7 Å². The van der Waals surface area contributed by atoms with Crippen molar-refractivity contribution in [1.29, 1.82) is 0 Å². The maximum Gasteiger partial charge on any atom is 0.265 e. The van der Waals surface area contributed by atoms with Crippen LogP contribution in [0.1, 0.15) is 44.9 Å². The fraction of sp³-hybridized carbons (Fsp3) is 0.333. The Morgan fingerprint density at radius 2 is 1.65 bits per heavy atom. The minimum atomic E-state index is -0.0609. The van der Waals surface area contributed by atoms with Crippen molar-refractivity contribution in [3.8, 4) is 11.4 Å². The van der Waals surface area contributed by atoms with E-state index in [-0.39, 0.29) is 5.56 Å². The quantitative estimate of drug-likeness (QED) is 0.286. The first-order chi connectivity index (χ1) is 16.6. The van der Waals surface area contributed by atoms with E-state index in [9.17, 15) is 4.79 Å². The second kappa shape index (κ2) is 9.25. The van der Waals surface area contributed by atoms with Crippen molar-refractivity contribution < 1.29 is 4.74 Å². The lowest BCUT2D eigenvalue weighted by atomic mass is 10.1. The first-order valence-corrected chi connectivity index (χ1v) is 11.9. The van der Waals surface area contributed by atoms with Gasteiger partial charge in [0.2, 0.25) is 0 Å². The molecule has 0 aliphatic heterocycles. The molecule has 7 heteroatoms. The Morgan fingerprint density at radius 1 is 0.882 bits per heavy atom. The van der Waals surface area contributed by atoms with Gasteiger partial charge in [-0.15, -0.1) is 0 Å². The third-order valence-electron chi connectivity index (χ3n) is 6.35. The molecule has 0 aliphatic carbocycles. The van der Waals surface area contributed by atoms with Crippen molar-refractivity contribution in [1.82, 2.24) is 24.1 Å². The van der Waals surface area contributed by atoms with E-state index in [0.717, 1.165) is 35.3 Å². The molecule has 34 heavy (non-hydrogen) atoms. The van der Waals surface area contributed by atoms with E-state index >= 15 is 0 Å². The van der Waals surface area contributed by atoms with Gasteiger partial charge >= 0.3 is 0 Å². The maximum absolute atomic E-state index is 13.8. The molecule has 5 aromatic rings. The summed E-state index contributed by atoms with van der Waals surface area (Å²) in [7, 11) is 1.64. The molecular weight excluding hydrogens is 426 g/mol. The molecular formula is C27H29N5O2. The normalized spacial score (nSPS) is 11.6. The molecule has 0 saturated heterocycles. The Kier molecular flexibility index (Phi) is 6.01. The highest BCUT2D eigenvalue weighted by atomic mass is 16.5. The van der Waals surface area contributed by atoms with Crippen LogP contribution in [0.4, 0.5) is 0 Å². The summed E-state index contributed by atoms with van der Waals surface area (Å²) in [6.45, 7) is 4.76. The average molecular weight is 456 g/mol. The van der Waals surface area contributed by atoms with Gasteiger partial charge in [-0.05, 0) is 37.6 Å². The molecule has 174 valence electrons. The first kappa shape index (κ1) is 22.1. The van der Waals surface area contributed by atoms with Crippen molar-refractivity contribution in [2.45, 2.75) is 52.5 Å². The third-order valence-corrected chi connectivity index (χ3v) is 6.35. The lowest BCUT2D eigenvalue weighted by Crippen LogP contribution is -2.24. The molecule has 7 nitrogen and oxygen atoms in total. The Labute approximate surface area is 198 Å². The van der Waals surface area contributed by atoms with Gasteiger partial charge in [-0.25, -0.2) is 15.0 Å². The van der Waals surface area contributed by atoms with Crippen LogP contribution in [0.15, 0.2) is 53.3 Å². The molecule has 0 saturated carbocycles. The number of para-hydroxylation sites is 2. The zero-order chi connectivity index (χ0) is 23.7. The fourth-order valence-electron chi connectivity index (χ4n) is 4.56. The summed E-state index contributed by atoms with van der Waals surface area (Å²) in [4.78, 5) is 28.5.